The molecule has 21 heavy (non-hydrogen) atoms. The quantitative estimate of drug-likeness (QED) is 0.723. The Labute approximate surface area is 132 Å². The van der Waals surface area contributed by atoms with E-state index in [1.165, 1.54) is 0 Å². The van der Waals surface area contributed by atoms with Gasteiger partial charge in [-0.1, -0.05) is 6.07 Å². The van der Waals surface area contributed by atoms with Crippen LogP contribution in [0.25, 0.3) is 0 Å². The second kappa shape index (κ2) is 10.3. The molecule has 0 radical (unpaired) electrons. The van der Waals surface area contributed by atoms with Crippen molar-refractivity contribution in [1.82, 2.24) is 10.6 Å². The molecular formula is C15H25ClN2O3. The average molecular weight is 317 g/mol. The molecule has 2 N–H and O–H groups in total. The fourth-order valence-corrected chi connectivity index (χ4v) is 1.94. The van der Waals surface area contributed by atoms with Gasteiger partial charge in [0.2, 0.25) is 5.91 Å². The van der Waals surface area contributed by atoms with Crippen molar-refractivity contribution in [2.24, 2.45) is 0 Å². The maximum atomic E-state index is 11.8. The van der Waals surface area contributed by atoms with Gasteiger partial charge in [-0.05, 0) is 44.6 Å². The largest absolute Gasteiger partial charge is 0.493 e. The van der Waals surface area contributed by atoms with Gasteiger partial charge in [0.25, 0.3) is 0 Å². The van der Waals surface area contributed by atoms with Crippen molar-refractivity contribution < 1.29 is 14.3 Å². The SMILES string of the molecule is CNCCCC(=O)NC(C)c1ccc(OC)c(OC)c1.Cl. The number of benzene rings is 1. The zero-order chi connectivity index (χ0) is 15.0. The van der Waals surface area contributed by atoms with E-state index >= 15 is 0 Å². The summed E-state index contributed by atoms with van der Waals surface area (Å²) in [5.41, 5.74) is 0.990. The molecule has 6 heteroatoms. The van der Waals surface area contributed by atoms with Crippen molar-refractivity contribution in [2.45, 2.75) is 25.8 Å². The number of nitrogens with one attached hydrogen (secondary N) is 2. The zero-order valence-electron chi connectivity index (χ0n) is 13.1. The van der Waals surface area contributed by atoms with Crippen molar-refractivity contribution in [3.05, 3.63) is 23.8 Å². The van der Waals surface area contributed by atoms with E-state index in [1.807, 2.05) is 32.2 Å². The molecular weight excluding hydrogens is 292 g/mol. The fraction of sp³-hybridized carbons (Fsp3) is 0.533. The number of carbonyl (C=O) groups excluding carboxylic acids is 1. The first-order chi connectivity index (χ1) is 9.62. The van der Waals surface area contributed by atoms with E-state index in [2.05, 4.69) is 10.6 Å². The number of hydrogen-bond acceptors (Lipinski definition) is 4. The summed E-state index contributed by atoms with van der Waals surface area (Å²) in [6.45, 7) is 2.80. The molecule has 5 nitrogen and oxygen atoms in total. The number of hydrogen-bond donors (Lipinski definition) is 2. The van der Waals surface area contributed by atoms with Crippen molar-refractivity contribution in [3.63, 3.8) is 0 Å². The maximum Gasteiger partial charge on any atom is 0.220 e. The molecule has 0 saturated carbocycles. The molecule has 0 aliphatic carbocycles. The van der Waals surface area contributed by atoms with Crippen molar-refractivity contribution in [1.29, 1.82) is 0 Å². The van der Waals surface area contributed by atoms with E-state index in [1.54, 1.807) is 14.2 Å². The van der Waals surface area contributed by atoms with E-state index in [0.717, 1.165) is 18.5 Å². The molecule has 0 heterocycles. The zero-order valence-corrected chi connectivity index (χ0v) is 13.9. The molecule has 1 atom stereocenters. The molecule has 0 aliphatic rings. The van der Waals surface area contributed by atoms with Crippen LogP contribution in [-0.2, 0) is 4.79 Å². The molecule has 1 aromatic carbocycles. The summed E-state index contributed by atoms with van der Waals surface area (Å²) in [5, 5.41) is 6.01. The van der Waals surface area contributed by atoms with Crippen LogP contribution in [0.5, 0.6) is 11.5 Å². The number of amides is 1. The van der Waals surface area contributed by atoms with Crippen LogP contribution < -0.4 is 20.1 Å². The molecule has 0 bridgehead atoms. The highest BCUT2D eigenvalue weighted by Crippen LogP contribution is 2.29. The molecule has 0 spiro atoms. The third-order valence-corrected chi connectivity index (χ3v) is 3.12. The van der Waals surface area contributed by atoms with Gasteiger partial charge in [-0.2, -0.15) is 0 Å². The van der Waals surface area contributed by atoms with Gasteiger partial charge in [0.05, 0.1) is 20.3 Å². The Kier molecular flexibility index (Phi) is 9.58. The molecule has 1 unspecified atom stereocenters. The van der Waals surface area contributed by atoms with Crippen LogP contribution in [-0.4, -0.2) is 33.7 Å². The van der Waals surface area contributed by atoms with Gasteiger partial charge in [-0.3, -0.25) is 4.79 Å². The minimum absolute atomic E-state index is 0. The van der Waals surface area contributed by atoms with Crippen molar-refractivity contribution in [3.8, 4) is 11.5 Å². The topological polar surface area (TPSA) is 59.6 Å². The Morgan fingerprint density at radius 3 is 2.48 bits per heavy atom. The molecule has 1 amide bonds. The molecule has 0 fully saturated rings. The van der Waals surface area contributed by atoms with Gasteiger partial charge in [0, 0.05) is 6.42 Å². The van der Waals surface area contributed by atoms with Gasteiger partial charge in [-0.25, -0.2) is 0 Å². The Balaban J connectivity index is 0.00000400. The van der Waals surface area contributed by atoms with Crippen molar-refractivity contribution in [2.75, 3.05) is 27.8 Å². The van der Waals surface area contributed by atoms with Crippen LogP contribution in [0.4, 0.5) is 0 Å². The highest BCUT2D eigenvalue weighted by atomic mass is 35.5. The van der Waals surface area contributed by atoms with Crippen LogP contribution in [0, 0.1) is 0 Å². The summed E-state index contributed by atoms with van der Waals surface area (Å²) < 4.78 is 10.5. The van der Waals surface area contributed by atoms with Crippen LogP contribution in [0.3, 0.4) is 0 Å². The number of ether oxygens (including phenoxy) is 2. The summed E-state index contributed by atoms with van der Waals surface area (Å²) in [5.74, 6) is 1.41. The molecule has 1 rings (SSSR count). The smallest absolute Gasteiger partial charge is 0.220 e. The van der Waals surface area contributed by atoms with Gasteiger partial charge in [0.1, 0.15) is 0 Å². The Morgan fingerprint density at radius 1 is 1.24 bits per heavy atom. The van der Waals surface area contributed by atoms with Gasteiger partial charge in [0.15, 0.2) is 11.5 Å². The molecule has 120 valence electrons. The predicted octanol–water partition coefficient (Wildman–Crippen LogP) is 2.30. The Bertz CT molecular complexity index is 441. The minimum atomic E-state index is -0.0584. The standard InChI is InChI=1S/C15H24N2O3.ClH/c1-11(17-15(18)6-5-9-16-2)12-7-8-13(19-3)14(10-12)20-4;/h7-8,10-11,16H,5-6,9H2,1-4H3,(H,17,18);1H. The van der Waals surface area contributed by atoms with Gasteiger partial charge >= 0.3 is 0 Å². The lowest BCUT2D eigenvalue weighted by atomic mass is 10.1. The third kappa shape index (κ3) is 6.23. The van der Waals surface area contributed by atoms with Gasteiger partial charge in [-0.15, -0.1) is 12.4 Å². The van der Waals surface area contributed by atoms with E-state index in [4.69, 9.17) is 9.47 Å². The molecule has 0 aliphatic heterocycles. The van der Waals surface area contributed by atoms with Crippen LogP contribution in [0.1, 0.15) is 31.4 Å². The first kappa shape index (κ1) is 19.5. The van der Waals surface area contributed by atoms with Crippen LogP contribution >= 0.6 is 12.4 Å². The summed E-state index contributed by atoms with van der Waals surface area (Å²) >= 11 is 0. The lowest BCUT2D eigenvalue weighted by Gasteiger charge is -2.16. The number of carbonyl (C=O) groups is 1. The summed E-state index contributed by atoms with van der Waals surface area (Å²) in [4.78, 5) is 11.8. The summed E-state index contributed by atoms with van der Waals surface area (Å²) in [6.07, 6.45) is 1.36. The normalized spacial score (nSPS) is 11.2. The second-order valence-electron chi connectivity index (χ2n) is 4.61. The fourth-order valence-electron chi connectivity index (χ4n) is 1.94. The van der Waals surface area contributed by atoms with E-state index in [-0.39, 0.29) is 24.4 Å². The maximum absolute atomic E-state index is 11.8. The lowest BCUT2D eigenvalue weighted by molar-refractivity contribution is -0.121. The molecule has 0 saturated heterocycles. The summed E-state index contributed by atoms with van der Waals surface area (Å²) in [6, 6.07) is 5.60. The van der Waals surface area contributed by atoms with E-state index < -0.39 is 0 Å². The number of rotatable bonds is 8. The lowest BCUT2D eigenvalue weighted by Crippen LogP contribution is -2.27. The highest BCUT2D eigenvalue weighted by Gasteiger charge is 2.12. The Morgan fingerprint density at radius 2 is 1.90 bits per heavy atom. The van der Waals surface area contributed by atoms with Crippen LogP contribution in [0.15, 0.2) is 18.2 Å². The minimum Gasteiger partial charge on any atom is -0.493 e. The summed E-state index contributed by atoms with van der Waals surface area (Å²) in [7, 11) is 5.08. The Hall–Kier alpha value is -1.46. The average Bonchev–Trinajstić information content (AvgIpc) is 2.46. The highest BCUT2D eigenvalue weighted by molar-refractivity contribution is 5.85. The van der Waals surface area contributed by atoms with E-state index in [0.29, 0.717) is 17.9 Å². The molecule has 0 aromatic heterocycles. The second-order valence-corrected chi connectivity index (χ2v) is 4.61. The monoisotopic (exact) mass is 316 g/mol. The van der Waals surface area contributed by atoms with Crippen LogP contribution in [0.2, 0.25) is 0 Å². The molecule has 1 aromatic rings. The van der Waals surface area contributed by atoms with E-state index in [9.17, 15) is 4.79 Å². The van der Waals surface area contributed by atoms with Gasteiger partial charge < -0.3 is 20.1 Å². The predicted molar refractivity (Wildman–Crippen MR) is 86.5 cm³/mol. The number of halogens is 1. The third-order valence-electron chi connectivity index (χ3n) is 3.12. The van der Waals surface area contributed by atoms with Crippen molar-refractivity contribution >= 4 is 18.3 Å². The first-order valence-corrected chi connectivity index (χ1v) is 6.78. The number of methoxy groups -OCH3 is 2. The first-order valence-electron chi connectivity index (χ1n) is 6.78.